The molecule has 1 fully saturated rings. The lowest BCUT2D eigenvalue weighted by Crippen LogP contribution is -2.49. The molecule has 2 N–H and O–H groups in total. The van der Waals surface area contributed by atoms with E-state index in [1.807, 2.05) is 54.6 Å². The molecule has 2 aromatic rings. The number of benzene rings is 2. The Kier molecular flexibility index (Phi) is 4.37. The number of para-hydroxylation sites is 1. The third-order valence-electron chi connectivity index (χ3n) is 3.52. The molecule has 0 aromatic heterocycles. The van der Waals surface area contributed by atoms with Gasteiger partial charge in [0.1, 0.15) is 18.1 Å². The Morgan fingerprint density at radius 3 is 2.45 bits per heavy atom. The van der Waals surface area contributed by atoms with Crippen LogP contribution in [0.1, 0.15) is 0 Å². The van der Waals surface area contributed by atoms with Crippen LogP contribution >= 0.6 is 0 Å². The third kappa shape index (κ3) is 3.27. The second kappa shape index (κ2) is 6.60. The molecule has 1 aliphatic heterocycles. The van der Waals surface area contributed by atoms with Crippen LogP contribution in [0.15, 0.2) is 54.6 Å². The number of anilines is 1. The number of nitrogens with two attached hydrogens (primary N) is 1. The molecular formula is C17H18N2O3. The van der Waals surface area contributed by atoms with Gasteiger partial charge in [-0.25, -0.2) is 0 Å². The van der Waals surface area contributed by atoms with Crippen molar-refractivity contribution in [3.8, 4) is 11.5 Å². The lowest BCUT2D eigenvalue weighted by Gasteiger charge is -2.32. The van der Waals surface area contributed by atoms with E-state index in [-0.39, 0.29) is 18.6 Å². The molecule has 1 amide bonds. The van der Waals surface area contributed by atoms with Gasteiger partial charge in [-0.1, -0.05) is 18.2 Å². The summed E-state index contributed by atoms with van der Waals surface area (Å²) in [6.07, 6.45) is -0.113. The first-order chi connectivity index (χ1) is 10.8. The highest BCUT2D eigenvalue weighted by atomic mass is 16.5. The van der Waals surface area contributed by atoms with Crippen molar-refractivity contribution in [2.24, 2.45) is 5.73 Å². The highest BCUT2D eigenvalue weighted by Gasteiger charge is 2.26. The van der Waals surface area contributed by atoms with E-state index in [2.05, 4.69) is 0 Å². The zero-order valence-corrected chi connectivity index (χ0v) is 12.1. The van der Waals surface area contributed by atoms with Crippen molar-refractivity contribution < 1.29 is 14.3 Å². The zero-order chi connectivity index (χ0) is 15.4. The molecule has 3 rings (SSSR count). The summed E-state index contributed by atoms with van der Waals surface area (Å²) in [6, 6.07) is 17.0. The van der Waals surface area contributed by atoms with E-state index in [9.17, 15) is 4.79 Å². The van der Waals surface area contributed by atoms with Crippen LogP contribution in [0.3, 0.4) is 0 Å². The summed E-state index contributed by atoms with van der Waals surface area (Å²) in [6.45, 7) is 0.956. The first-order valence-electron chi connectivity index (χ1n) is 7.21. The van der Waals surface area contributed by atoms with Crippen molar-refractivity contribution in [2.75, 3.05) is 24.6 Å². The first-order valence-corrected chi connectivity index (χ1v) is 7.21. The van der Waals surface area contributed by atoms with Gasteiger partial charge in [-0.05, 0) is 36.4 Å². The fraction of sp³-hybridized carbons (Fsp3) is 0.235. The molecule has 1 aliphatic rings. The molecule has 114 valence electrons. The largest absolute Gasteiger partial charge is 0.457 e. The minimum atomic E-state index is -0.113. The lowest BCUT2D eigenvalue weighted by atomic mass is 10.2. The molecule has 0 radical (unpaired) electrons. The SMILES string of the molecule is NCC1CN(c2ccc(Oc3ccccc3)cc2)C(=O)CO1. The van der Waals surface area contributed by atoms with E-state index in [0.29, 0.717) is 13.1 Å². The second-order valence-electron chi connectivity index (χ2n) is 5.08. The van der Waals surface area contributed by atoms with Crippen LogP contribution in [-0.4, -0.2) is 31.7 Å². The highest BCUT2D eigenvalue weighted by Crippen LogP contribution is 2.25. The Balaban J connectivity index is 1.72. The van der Waals surface area contributed by atoms with Crippen molar-refractivity contribution in [3.05, 3.63) is 54.6 Å². The summed E-state index contributed by atoms with van der Waals surface area (Å²) in [7, 11) is 0. The van der Waals surface area contributed by atoms with Gasteiger partial charge in [0.05, 0.1) is 12.6 Å². The number of carbonyl (C=O) groups excluding carboxylic acids is 1. The van der Waals surface area contributed by atoms with Crippen LogP contribution in [0, 0.1) is 0 Å². The molecule has 0 aliphatic carbocycles. The minimum Gasteiger partial charge on any atom is -0.457 e. The predicted octanol–water partition coefficient (Wildman–Crippen LogP) is 2.17. The maximum absolute atomic E-state index is 12.0. The van der Waals surface area contributed by atoms with Crippen molar-refractivity contribution in [1.82, 2.24) is 0 Å². The molecule has 1 saturated heterocycles. The summed E-state index contributed by atoms with van der Waals surface area (Å²) in [4.78, 5) is 13.7. The van der Waals surface area contributed by atoms with Crippen molar-refractivity contribution in [2.45, 2.75) is 6.10 Å². The first kappa shape index (κ1) is 14.6. The number of ether oxygens (including phenoxy) is 2. The van der Waals surface area contributed by atoms with Crippen LogP contribution < -0.4 is 15.4 Å². The summed E-state index contributed by atoms with van der Waals surface area (Å²) in [5.41, 5.74) is 6.44. The Morgan fingerprint density at radius 1 is 1.09 bits per heavy atom. The van der Waals surface area contributed by atoms with E-state index >= 15 is 0 Å². The van der Waals surface area contributed by atoms with Crippen molar-refractivity contribution in [1.29, 1.82) is 0 Å². The minimum absolute atomic E-state index is 0.0542. The van der Waals surface area contributed by atoms with E-state index in [1.165, 1.54) is 0 Å². The summed E-state index contributed by atoms with van der Waals surface area (Å²) < 4.78 is 11.1. The molecule has 2 aromatic carbocycles. The highest BCUT2D eigenvalue weighted by molar-refractivity contribution is 5.95. The van der Waals surface area contributed by atoms with Gasteiger partial charge in [0.2, 0.25) is 0 Å². The maximum Gasteiger partial charge on any atom is 0.253 e. The summed E-state index contributed by atoms with van der Waals surface area (Å²) in [5.74, 6) is 1.45. The average molecular weight is 298 g/mol. The second-order valence-corrected chi connectivity index (χ2v) is 5.08. The molecule has 1 heterocycles. The van der Waals surface area contributed by atoms with Gasteiger partial charge in [-0.3, -0.25) is 4.79 Å². The molecule has 0 saturated carbocycles. The summed E-state index contributed by atoms with van der Waals surface area (Å²) in [5, 5.41) is 0. The number of amides is 1. The van der Waals surface area contributed by atoms with Gasteiger partial charge >= 0.3 is 0 Å². The number of carbonyl (C=O) groups is 1. The monoisotopic (exact) mass is 298 g/mol. The molecule has 1 unspecified atom stereocenters. The normalized spacial score (nSPS) is 18.3. The van der Waals surface area contributed by atoms with Crippen LogP contribution in [0.2, 0.25) is 0 Å². The Bertz CT molecular complexity index is 628. The average Bonchev–Trinajstić information content (AvgIpc) is 2.57. The van der Waals surface area contributed by atoms with Crippen LogP contribution in [0.25, 0.3) is 0 Å². The van der Waals surface area contributed by atoms with Gasteiger partial charge in [0.15, 0.2) is 0 Å². The van der Waals surface area contributed by atoms with Crippen LogP contribution in [0.4, 0.5) is 5.69 Å². The number of nitrogens with zero attached hydrogens (tertiary/aromatic N) is 1. The van der Waals surface area contributed by atoms with E-state index in [1.54, 1.807) is 4.90 Å². The summed E-state index contributed by atoms with van der Waals surface area (Å²) >= 11 is 0. The van der Waals surface area contributed by atoms with Gasteiger partial charge in [-0.2, -0.15) is 0 Å². The molecule has 0 bridgehead atoms. The quantitative estimate of drug-likeness (QED) is 0.939. The smallest absolute Gasteiger partial charge is 0.253 e. The van der Waals surface area contributed by atoms with E-state index in [0.717, 1.165) is 17.2 Å². The Hall–Kier alpha value is -2.37. The lowest BCUT2D eigenvalue weighted by molar-refractivity contribution is -0.128. The Morgan fingerprint density at radius 2 is 1.77 bits per heavy atom. The predicted molar refractivity (Wildman–Crippen MR) is 84.1 cm³/mol. The number of hydrogen-bond acceptors (Lipinski definition) is 4. The number of morpholine rings is 1. The van der Waals surface area contributed by atoms with Gasteiger partial charge in [-0.15, -0.1) is 0 Å². The molecule has 5 nitrogen and oxygen atoms in total. The zero-order valence-electron chi connectivity index (χ0n) is 12.1. The fourth-order valence-electron chi connectivity index (χ4n) is 2.34. The van der Waals surface area contributed by atoms with E-state index in [4.69, 9.17) is 15.2 Å². The van der Waals surface area contributed by atoms with E-state index < -0.39 is 0 Å². The number of rotatable bonds is 4. The van der Waals surface area contributed by atoms with Crippen molar-refractivity contribution in [3.63, 3.8) is 0 Å². The molecular weight excluding hydrogens is 280 g/mol. The van der Waals surface area contributed by atoms with Crippen LogP contribution in [-0.2, 0) is 9.53 Å². The number of hydrogen-bond donors (Lipinski definition) is 1. The van der Waals surface area contributed by atoms with Gasteiger partial charge in [0.25, 0.3) is 5.91 Å². The van der Waals surface area contributed by atoms with Crippen LogP contribution in [0.5, 0.6) is 11.5 Å². The van der Waals surface area contributed by atoms with Crippen molar-refractivity contribution >= 4 is 11.6 Å². The molecule has 5 heteroatoms. The Labute approximate surface area is 129 Å². The molecule has 1 atom stereocenters. The topological polar surface area (TPSA) is 64.8 Å². The third-order valence-corrected chi connectivity index (χ3v) is 3.52. The van der Waals surface area contributed by atoms with Gasteiger partial charge in [0, 0.05) is 12.2 Å². The maximum atomic E-state index is 12.0. The standard InChI is InChI=1S/C17H18N2O3/c18-10-16-11-19(17(20)12-21-16)13-6-8-15(9-7-13)22-14-4-2-1-3-5-14/h1-9,16H,10-12,18H2. The molecule has 0 spiro atoms. The fourth-order valence-corrected chi connectivity index (χ4v) is 2.34. The molecule has 22 heavy (non-hydrogen) atoms. The van der Waals surface area contributed by atoms with Gasteiger partial charge < -0.3 is 20.1 Å².